The van der Waals surface area contributed by atoms with Crippen molar-refractivity contribution in [1.82, 2.24) is 36.4 Å². The van der Waals surface area contributed by atoms with E-state index in [0.717, 1.165) is 19.3 Å². The number of ketones is 1. The molecule has 0 aromatic heterocycles. The van der Waals surface area contributed by atoms with Crippen LogP contribution in [0.3, 0.4) is 0 Å². The smallest absolute Gasteiger partial charge is 0.315 e. The van der Waals surface area contributed by atoms with Gasteiger partial charge in [-0.2, -0.15) is 0 Å². The molecule has 5 N–H and O–H groups in total. The lowest BCUT2D eigenvalue weighted by atomic mass is 9.91. The summed E-state index contributed by atoms with van der Waals surface area (Å²) in [4.78, 5) is 96.0. The lowest BCUT2D eigenvalue weighted by Gasteiger charge is -2.32. The van der Waals surface area contributed by atoms with Gasteiger partial charge in [-0.05, 0) is 56.3 Å². The van der Waals surface area contributed by atoms with Crippen molar-refractivity contribution < 1.29 is 33.6 Å². The molecule has 2 aliphatic rings. The summed E-state index contributed by atoms with van der Waals surface area (Å²) in [6.07, 6.45) is 11.8. The fraction of sp³-hybridized carbons (Fsp3) is 0.750. The Morgan fingerprint density at radius 2 is 1.47 bits per heavy atom. The third-order valence-corrected chi connectivity index (χ3v) is 10.9. The van der Waals surface area contributed by atoms with E-state index in [9.17, 15) is 33.6 Å². The molecule has 0 saturated carbocycles. The summed E-state index contributed by atoms with van der Waals surface area (Å²) >= 11 is 0. The van der Waals surface area contributed by atoms with Crippen molar-refractivity contribution in [2.45, 2.75) is 152 Å². The number of rotatable bonds is 20. The number of urea groups is 1. The average Bonchev–Trinajstić information content (AvgIpc) is 3.50. The van der Waals surface area contributed by atoms with Crippen LogP contribution in [-0.4, -0.2) is 109 Å². The first-order valence-electron chi connectivity index (χ1n) is 21.9. The molecule has 7 atom stereocenters. The Morgan fingerprint density at radius 3 is 2.02 bits per heavy atom. The number of nitrogens with zero attached hydrogens (tertiary/aromatic N) is 2. The summed E-state index contributed by atoms with van der Waals surface area (Å²) in [5.74, 6) is -3.41. The molecule has 1 fully saturated rings. The highest BCUT2D eigenvalue weighted by Crippen LogP contribution is 2.31. The number of likely N-dealkylation sites (N-methyl/N-ethyl adjacent to an activating group) is 1. The fourth-order valence-corrected chi connectivity index (χ4v) is 7.05. The van der Waals surface area contributed by atoms with E-state index in [4.69, 9.17) is 0 Å². The van der Waals surface area contributed by atoms with E-state index in [2.05, 4.69) is 26.6 Å². The molecule has 7 amide bonds. The standard InChI is InChI=1S/C40H67N7O7.2C2H6/c1-10-26(7)34(45-40(54)41-13-4)39(53)47-24-29(25(5)6)21-31(47)36(50)43-30(20-27(11-2)12-3)22-32(48)37(51)42-23-33(49)44-35(38(52)46(8)9)28-18-16-14-15-17-19-28;2*1-2/h14-16,18,25-31,34-35H,10-13,17,19-24H2,1-9H3,(H,42,51)(H,43,50)(H,44,49)(H2,41,45,54);2*1-2H3/t26?,28?,29-,30?,31?,34?,35?;;/m1../s1. The molecule has 14 nitrogen and oxygen atoms in total. The van der Waals surface area contributed by atoms with Gasteiger partial charge in [0.05, 0.1) is 6.54 Å². The minimum absolute atomic E-state index is 0.0469. The first-order valence-corrected chi connectivity index (χ1v) is 21.9. The van der Waals surface area contributed by atoms with Crippen molar-refractivity contribution in [2.24, 2.45) is 29.6 Å². The number of hydrogen-bond acceptors (Lipinski definition) is 7. The van der Waals surface area contributed by atoms with Crippen LogP contribution in [0, 0.1) is 29.6 Å². The van der Waals surface area contributed by atoms with Gasteiger partial charge in [-0.25, -0.2) is 4.79 Å². The zero-order valence-corrected chi connectivity index (χ0v) is 38.0. The summed E-state index contributed by atoms with van der Waals surface area (Å²) in [7, 11) is 3.22. The Labute approximate surface area is 349 Å². The fourth-order valence-electron chi connectivity index (χ4n) is 7.05. The van der Waals surface area contributed by atoms with Gasteiger partial charge in [0, 0.05) is 45.6 Å². The van der Waals surface area contributed by atoms with Crippen LogP contribution in [0.2, 0.25) is 0 Å². The third kappa shape index (κ3) is 17.7. The maximum Gasteiger partial charge on any atom is 0.315 e. The summed E-state index contributed by atoms with van der Waals surface area (Å²) in [5, 5.41) is 13.7. The van der Waals surface area contributed by atoms with Crippen molar-refractivity contribution in [1.29, 1.82) is 0 Å². The minimum atomic E-state index is -0.964. The summed E-state index contributed by atoms with van der Waals surface area (Å²) < 4.78 is 0. The number of carbonyl (C=O) groups excluding carboxylic acids is 7. The number of Topliss-reactive ketones (excluding diaryl/α,β-unsaturated/α-hetero) is 1. The second kappa shape index (κ2) is 29.1. The Hall–Kier alpha value is -4.23. The number of hydrogen-bond donors (Lipinski definition) is 5. The van der Waals surface area contributed by atoms with E-state index < -0.39 is 60.2 Å². The van der Waals surface area contributed by atoms with Crippen LogP contribution >= 0.6 is 0 Å². The predicted molar refractivity (Wildman–Crippen MR) is 231 cm³/mol. The molecule has 14 heteroatoms. The second-order valence-corrected chi connectivity index (χ2v) is 15.4. The highest BCUT2D eigenvalue weighted by molar-refractivity contribution is 6.36. The molecule has 0 aromatic carbocycles. The van der Waals surface area contributed by atoms with E-state index in [1.807, 2.05) is 93.5 Å². The van der Waals surface area contributed by atoms with Crippen molar-refractivity contribution in [3.05, 3.63) is 24.3 Å². The highest BCUT2D eigenvalue weighted by Gasteiger charge is 2.44. The molecule has 1 heterocycles. The molecule has 1 aliphatic heterocycles. The highest BCUT2D eigenvalue weighted by atomic mass is 16.2. The summed E-state index contributed by atoms with van der Waals surface area (Å²) in [5.41, 5.74) is 0. The molecule has 58 heavy (non-hydrogen) atoms. The van der Waals surface area contributed by atoms with E-state index in [-0.39, 0.29) is 47.8 Å². The van der Waals surface area contributed by atoms with Gasteiger partial charge in [-0.3, -0.25) is 28.8 Å². The SMILES string of the molecule is CC.CC.CCNC(=O)NC(C(=O)N1C[C@H](C(C)C)CC1C(=O)NC(CC(=O)C(=O)NCC(=O)NC(C(=O)N(C)C)C1C=CC=CCC1)CC(CC)CC)C(C)CC. The maximum absolute atomic E-state index is 14.1. The first kappa shape index (κ1) is 53.8. The van der Waals surface area contributed by atoms with Crippen LogP contribution in [0.25, 0.3) is 0 Å². The van der Waals surface area contributed by atoms with Gasteiger partial charge < -0.3 is 36.4 Å². The van der Waals surface area contributed by atoms with E-state index >= 15 is 0 Å². The van der Waals surface area contributed by atoms with E-state index in [1.165, 1.54) is 4.90 Å². The Balaban J connectivity index is 0.00000786. The number of amides is 7. The molecular weight excluding hydrogens is 739 g/mol. The van der Waals surface area contributed by atoms with E-state index in [0.29, 0.717) is 38.8 Å². The topological polar surface area (TPSA) is 186 Å². The molecule has 332 valence electrons. The molecule has 0 radical (unpaired) electrons. The molecule has 0 bridgehead atoms. The third-order valence-electron chi connectivity index (χ3n) is 10.9. The number of nitrogens with one attached hydrogen (secondary N) is 5. The van der Waals surface area contributed by atoms with Crippen LogP contribution in [-0.2, 0) is 28.8 Å². The van der Waals surface area contributed by atoms with Crippen molar-refractivity contribution in [3.63, 3.8) is 0 Å². The summed E-state index contributed by atoms with van der Waals surface area (Å²) in [6.45, 7) is 22.0. The predicted octanol–water partition coefficient (Wildman–Crippen LogP) is 5.13. The number of likely N-dealkylation sites (tertiary alicyclic amines) is 1. The van der Waals surface area contributed by atoms with Crippen LogP contribution in [0.15, 0.2) is 24.3 Å². The van der Waals surface area contributed by atoms with Crippen molar-refractivity contribution in [3.8, 4) is 0 Å². The zero-order valence-electron chi connectivity index (χ0n) is 38.0. The van der Waals surface area contributed by atoms with Gasteiger partial charge in [-0.1, -0.05) is 113 Å². The van der Waals surface area contributed by atoms with Gasteiger partial charge >= 0.3 is 6.03 Å². The zero-order chi connectivity index (χ0) is 44.5. The van der Waals surface area contributed by atoms with Gasteiger partial charge in [0.2, 0.25) is 29.4 Å². The van der Waals surface area contributed by atoms with Gasteiger partial charge in [-0.15, -0.1) is 0 Å². The quantitative estimate of drug-likeness (QED) is 0.106. The van der Waals surface area contributed by atoms with Crippen molar-refractivity contribution in [2.75, 3.05) is 33.7 Å². The molecule has 0 spiro atoms. The van der Waals surface area contributed by atoms with Gasteiger partial charge in [0.25, 0.3) is 5.91 Å². The second-order valence-electron chi connectivity index (χ2n) is 15.4. The Kier molecular flexibility index (Phi) is 26.9. The number of carbonyl (C=O) groups is 7. The largest absolute Gasteiger partial charge is 0.351 e. The van der Waals surface area contributed by atoms with Crippen LogP contribution in [0.5, 0.6) is 0 Å². The Bertz CT molecular complexity index is 1360. The molecule has 0 aromatic rings. The monoisotopic (exact) mass is 818 g/mol. The first-order chi connectivity index (χ1) is 27.6. The lowest BCUT2D eigenvalue weighted by Crippen LogP contribution is -2.57. The van der Waals surface area contributed by atoms with Crippen LogP contribution in [0.1, 0.15) is 128 Å². The van der Waals surface area contributed by atoms with Crippen LogP contribution in [0.4, 0.5) is 4.79 Å². The van der Waals surface area contributed by atoms with Crippen LogP contribution < -0.4 is 26.6 Å². The van der Waals surface area contributed by atoms with Gasteiger partial charge in [0.1, 0.15) is 18.1 Å². The van der Waals surface area contributed by atoms with Gasteiger partial charge in [0.15, 0.2) is 0 Å². The minimum Gasteiger partial charge on any atom is -0.351 e. The lowest BCUT2D eigenvalue weighted by molar-refractivity contribution is -0.141. The molecule has 6 unspecified atom stereocenters. The normalized spacial score (nSPS) is 19.2. The maximum atomic E-state index is 14.1. The molecule has 1 aliphatic carbocycles. The van der Waals surface area contributed by atoms with E-state index in [1.54, 1.807) is 25.9 Å². The molecule has 1 saturated heterocycles. The Morgan fingerprint density at radius 1 is 0.828 bits per heavy atom. The average molecular weight is 818 g/mol. The number of allylic oxidation sites excluding steroid dienone is 3. The molecule has 2 rings (SSSR count). The van der Waals surface area contributed by atoms with Crippen molar-refractivity contribution >= 4 is 41.4 Å². The molecular formula is C44H79N7O7. The summed E-state index contributed by atoms with van der Waals surface area (Å²) in [6, 6.07) is -3.63.